The number of nitrogens with zero attached hydrogens (tertiary/aromatic N) is 1. The van der Waals surface area contributed by atoms with Crippen LogP contribution in [0.5, 0.6) is 5.75 Å². The largest absolute Gasteiger partial charge is 0.480 e. The minimum absolute atomic E-state index is 0.195. The molecule has 1 fully saturated rings. The van der Waals surface area contributed by atoms with Gasteiger partial charge in [0, 0.05) is 28.9 Å². The highest BCUT2D eigenvalue weighted by Crippen LogP contribution is 2.29. The second-order valence-electron chi connectivity index (χ2n) is 5.97. The maximum atomic E-state index is 12.4. The zero-order chi connectivity index (χ0) is 18.5. The molecule has 1 unspecified atom stereocenters. The molecule has 3 rings (SSSR count). The molecule has 0 bridgehead atoms. The normalized spacial score (nSPS) is 15.4. The first-order valence-electron chi connectivity index (χ1n) is 8.38. The average molecular weight is 484 g/mol. The predicted molar refractivity (Wildman–Crippen MR) is 110 cm³/mol. The third kappa shape index (κ3) is 4.99. The Bertz CT molecular complexity index is 762. The molecule has 1 aliphatic rings. The van der Waals surface area contributed by atoms with Gasteiger partial charge in [0.15, 0.2) is 6.10 Å². The van der Waals surface area contributed by atoms with E-state index in [2.05, 4.69) is 42.1 Å². The van der Waals surface area contributed by atoms with Crippen molar-refractivity contribution in [3.05, 3.63) is 51.4 Å². The smallest absolute Gasteiger partial charge is 0.265 e. The molecule has 1 amide bonds. The van der Waals surface area contributed by atoms with Crippen LogP contribution in [0.15, 0.2) is 51.4 Å². The fraction of sp³-hybridized carbons (Fsp3) is 0.316. The number of anilines is 2. The Morgan fingerprint density at radius 1 is 1.15 bits per heavy atom. The number of amides is 1. The molecule has 0 radical (unpaired) electrons. The van der Waals surface area contributed by atoms with Gasteiger partial charge in [-0.05, 0) is 65.3 Å². The number of carbonyl (C=O) groups is 1. The van der Waals surface area contributed by atoms with Gasteiger partial charge in [0.05, 0.1) is 17.7 Å². The lowest BCUT2D eigenvalue weighted by Gasteiger charge is -2.29. The number of rotatable bonds is 5. The quantitative estimate of drug-likeness (QED) is 0.682. The molecule has 5 nitrogen and oxygen atoms in total. The van der Waals surface area contributed by atoms with Crippen LogP contribution in [0.2, 0.25) is 0 Å². The van der Waals surface area contributed by atoms with Gasteiger partial charge in [0.1, 0.15) is 5.75 Å². The standard InChI is InChI=1S/C19H20Br2N2O3/c1-13(26-18-7-2-14(20)12-17(18)21)19(24)22-15-3-5-16(6-4-15)23-8-10-25-11-9-23/h2-7,12-13H,8-11H2,1H3,(H,22,24). The van der Waals surface area contributed by atoms with Gasteiger partial charge in [0.25, 0.3) is 5.91 Å². The van der Waals surface area contributed by atoms with Crippen LogP contribution < -0.4 is 15.0 Å². The van der Waals surface area contributed by atoms with Gasteiger partial charge < -0.3 is 19.7 Å². The zero-order valence-electron chi connectivity index (χ0n) is 14.4. The van der Waals surface area contributed by atoms with Gasteiger partial charge in [-0.2, -0.15) is 0 Å². The zero-order valence-corrected chi connectivity index (χ0v) is 17.5. The predicted octanol–water partition coefficient (Wildman–Crippen LogP) is 4.45. The second-order valence-corrected chi connectivity index (χ2v) is 7.74. The van der Waals surface area contributed by atoms with Gasteiger partial charge in [-0.1, -0.05) is 15.9 Å². The molecule has 0 saturated carbocycles. The summed E-state index contributed by atoms with van der Waals surface area (Å²) in [5.74, 6) is 0.428. The van der Waals surface area contributed by atoms with Crippen LogP contribution >= 0.6 is 31.9 Å². The van der Waals surface area contributed by atoms with Crippen molar-refractivity contribution in [2.24, 2.45) is 0 Å². The summed E-state index contributed by atoms with van der Waals surface area (Å²) in [6, 6.07) is 13.4. The van der Waals surface area contributed by atoms with Gasteiger partial charge >= 0.3 is 0 Å². The highest BCUT2D eigenvalue weighted by atomic mass is 79.9. The molecule has 0 spiro atoms. The number of benzene rings is 2. The Morgan fingerprint density at radius 2 is 1.85 bits per heavy atom. The van der Waals surface area contributed by atoms with Crippen LogP contribution in [-0.2, 0) is 9.53 Å². The Hall–Kier alpha value is -1.57. The first-order chi connectivity index (χ1) is 12.5. The van der Waals surface area contributed by atoms with Gasteiger partial charge in [0.2, 0.25) is 0 Å². The number of ether oxygens (including phenoxy) is 2. The number of carbonyl (C=O) groups excluding carboxylic acids is 1. The van der Waals surface area contributed by atoms with Crippen molar-refractivity contribution in [1.29, 1.82) is 0 Å². The van der Waals surface area contributed by atoms with E-state index in [0.717, 1.165) is 46.6 Å². The summed E-state index contributed by atoms with van der Waals surface area (Å²) >= 11 is 6.83. The van der Waals surface area contributed by atoms with Crippen LogP contribution in [0.4, 0.5) is 11.4 Å². The first kappa shape index (κ1) is 19.2. The van der Waals surface area contributed by atoms with Crippen molar-refractivity contribution < 1.29 is 14.3 Å². The Morgan fingerprint density at radius 3 is 2.50 bits per heavy atom. The van der Waals surface area contributed by atoms with Crippen molar-refractivity contribution in [1.82, 2.24) is 0 Å². The molecule has 2 aromatic carbocycles. The van der Waals surface area contributed by atoms with Gasteiger partial charge in [-0.15, -0.1) is 0 Å². The van der Waals surface area contributed by atoms with E-state index in [-0.39, 0.29) is 5.91 Å². The van der Waals surface area contributed by atoms with E-state index < -0.39 is 6.10 Å². The fourth-order valence-electron chi connectivity index (χ4n) is 2.64. The van der Waals surface area contributed by atoms with E-state index in [0.29, 0.717) is 5.75 Å². The summed E-state index contributed by atoms with van der Waals surface area (Å²) in [5.41, 5.74) is 1.88. The van der Waals surface area contributed by atoms with Crippen LogP contribution in [0.3, 0.4) is 0 Å². The molecular weight excluding hydrogens is 464 g/mol. The lowest BCUT2D eigenvalue weighted by atomic mass is 10.2. The molecule has 1 atom stereocenters. The van der Waals surface area contributed by atoms with E-state index >= 15 is 0 Å². The van der Waals surface area contributed by atoms with Crippen LogP contribution in [0.25, 0.3) is 0 Å². The summed E-state index contributed by atoms with van der Waals surface area (Å²) < 4.78 is 12.9. The van der Waals surface area contributed by atoms with Crippen LogP contribution in [-0.4, -0.2) is 38.3 Å². The summed E-state index contributed by atoms with van der Waals surface area (Å²) in [4.78, 5) is 14.7. The summed E-state index contributed by atoms with van der Waals surface area (Å²) in [6.07, 6.45) is -0.619. The van der Waals surface area contributed by atoms with Crippen LogP contribution in [0.1, 0.15) is 6.92 Å². The minimum atomic E-state index is -0.619. The SMILES string of the molecule is CC(Oc1ccc(Br)cc1Br)C(=O)Nc1ccc(N2CCOCC2)cc1. The molecule has 0 aromatic heterocycles. The summed E-state index contributed by atoms with van der Waals surface area (Å²) in [5, 5.41) is 2.89. The molecule has 7 heteroatoms. The number of hydrogen-bond acceptors (Lipinski definition) is 4. The number of morpholine rings is 1. The minimum Gasteiger partial charge on any atom is -0.480 e. The Labute approximate surface area is 169 Å². The van der Waals surface area contributed by atoms with Crippen molar-refractivity contribution >= 4 is 49.1 Å². The van der Waals surface area contributed by atoms with Gasteiger partial charge in [-0.3, -0.25) is 4.79 Å². The van der Waals surface area contributed by atoms with E-state index in [1.54, 1.807) is 6.92 Å². The second kappa shape index (κ2) is 8.88. The lowest BCUT2D eigenvalue weighted by Crippen LogP contribution is -2.36. The van der Waals surface area contributed by atoms with Crippen molar-refractivity contribution in [3.63, 3.8) is 0 Å². The number of nitrogens with one attached hydrogen (secondary N) is 1. The maximum absolute atomic E-state index is 12.4. The fourth-order valence-corrected chi connectivity index (χ4v) is 3.78. The summed E-state index contributed by atoms with van der Waals surface area (Å²) in [7, 11) is 0. The molecule has 1 saturated heterocycles. The van der Waals surface area contributed by atoms with Crippen molar-refractivity contribution in [2.75, 3.05) is 36.5 Å². The topological polar surface area (TPSA) is 50.8 Å². The molecule has 2 aromatic rings. The van der Waals surface area contributed by atoms with E-state index in [1.807, 2.05) is 42.5 Å². The molecule has 1 N–H and O–H groups in total. The third-order valence-corrected chi connectivity index (χ3v) is 5.19. The van der Waals surface area contributed by atoms with Crippen molar-refractivity contribution in [3.8, 4) is 5.75 Å². The molecule has 138 valence electrons. The van der Waals surface area contributed by atoms with Gasteiger partial charge in [-0.25, -0.2) is 0 Å². The van der Waals surface area contributed by atoms with Crippen molar-refractivity contribution in [2.45, 2.75) is 13.0 Å². The highest BCUT2D eigenvalue weighted by molar-refractivity contribution is 9.11. The molecule has 1 aliphatic heterocycles. The first-order valence-corrected chi connectivity index (χ1v) is 9.97. The van der Waals surface area contributed by atoms with Crippen LogP contribution in [0, 0.1) is 0 Å². The molecule has 1 heterocycles. The monoisotopic (exact) mass is 482 g/mol. The number of hydrogen-bond donors (Lipinski definition) is 1. The van der Waals surface area contributed by atoms with E-state index in [1.165, 1.54) is 0 Å². The summed E-state index contributed by atoms with van der Waals surface area (Å²) in [6.45, 7) is 5.00. The Kier molecular flexibility index (Phi) is 6.56. The number of halogens is 2. The van der Waals surface area contributed by atoms with E-state index in [9.17, 15) is 4.79 Å². The molecular formula is C19H20Br2N2O3. The Balaban J connectivity index is 1.58. The van der Waals surface area contributed by atoms with E-state index in [4.69, 9.17) is 9.47 Å². The average Bonchev–Trinajstić information content (AvgIpc) is 2.65. The maximum Gasteiger partial charge on any atom is 0.265 e. The molecule has 0 aliphatic carbocycles. The molecule has 26 heavy (non-hydrogen) atoms. The third-order valence-electron chi connectivity index (χ3n) is 4.08. The lowest BCUT2D eigenvalue weighted by molar-refractivity contribution is -0.122. The highest BCUT2D eigenvalue weighted by Gasteiger charge is 2.17.